The van der Waals surface area contributed by atoms with Crippen LogP contribution in [0.2, 0.25) is 0 Å². The summed E-state index contributed by atoms with van der Waals surface area (Å²) in [6.07, 6.45) is 1.85. The van der Waals surface area contributed by atoms with E-state index < -0.39 is 11.9 Å². The number of anilines is 1. The van der Waals surface area contributed by atoms with Crippen molar-refractivity contribution in [2.24, 2.45) is 4.99 Å². The van der Waals surface area contributed by atoms with Crippen molar-refractivity contribution in [1.82, 2.24) is 0 Å². The van der Waals surface area contributed by atoms with Crippen molar-refractivity contribution in [3.8, 4) is 0 Å². The number of hydrogen-bond donors (Lipinski definition) is 0. The van der Waals surface area contributed by atoms with Gasteiger partial charge in [-0.15, -0.1) is 0 Å². The van der Waals surface area contributed by atoms with Crippen LogP contribution in [0.5, 0.6) is 0 Å². The quantitative estimate of drug-likeness (QED) is 0.227. The second kappa shape index (κ2) is 12.3. The maximum Gasteiger partial charge on any atom is 0.338 e. The van der Waals surface area contributed by atoms with E-state index in [2.05, 4.69) is 32.9 Å². The molecule has 1 amide bonds. The minimum absolute atomic E-state index is 0.0266. The molecule has 7 nitrogen and oxygen atoms in total. The normalized spacial score (nSPS) is 15.5. The van der Waals surface area contributed by atoms with Gasteiger partial charge in [-0.2, -0.15) is 0 Å². The number of aliphatic imine (C=N–C) groups is 1. The molecule has 0 aliphatic carbocycles. The van der Waals surface area contributed by atoms with Crippen LogP contribution in [-0.4, -0.2) is 36.2 Å². The highest BCUT2D eigenvalue weighted by atomic mass is 32.2. The molecule has 0 atom stereocenters. The first kappa shape index (κ1) is 28.8. The minimum atomic E-state index is -0.425. The first-order chi connectivity index (χ1) is 19.1. The molecule has 0 N–H and O–H groups in total. The summed E-state index contributed by atoms with van der Waals surface area (Å²) in [4.78, 5) is 44.6. The number of amidine groups is 1. The zero-order chi connectivity index (χ0) is 28.9. The molecule has 8 heteroatoms. The van der Waals surface area contributed by atoms with Crippen LogP contribution >= 0.6 is 11.8 Å². The number of nitrogens with zero attached hydrogens (tertiary/aromatic N) is 2. The van der Waals surface area contributed by atoms with Crippen LogP contribution in [0.15, 0.2) is 82.7 Å². The summed E-state index contributed by atoms with van der Waals surface area (Å²) in [5.41, 5.74) is 4.10. The molecule has 4 rings (SSSR count). The number of carbonyl (C=O) groups excluding carboxylic acids is 3. The Morgan fingerprint density at radius 2 is 1.35 bits per heavy atom. The smallest absolute Gasteiger partial charge is 0.338 e. The van der Waals surface area contributed by atoms with E-state index in [0.29, 0.717) is 39.2 Å². The van der Waals surface area contributed by atoms with Crippen LogP contribution < -0.4 is 4.90 Å². The number of thioether (sulfide) groups is 1. The van der Waals surface area contributed by atoms with E-state index in [0.717, 1.165) is 5.56 Å². The summed E-state index contributed by atoms with van der Waals surface area (Å²) in [6.45, 7) is 10.5. The van der Waals surface area contributed by atoms with E-state index in [-0.39, 0.29) is 17.9 Å². The van der Waals surface area contributed by atoms with Crippen molar-refractivity contribution >= 4 is 52.2 Å². The predicted octanol–water partition coefficient (Wildman–Crippen LogP) is 7.15. The Labute approximate surface area is 238 Å². The molecular weight excluding hydrogens is 524 g/mol. The summed E-state index contributed by atoms with van der Waals surface area (Å²) in [6, 6.07) is 21.5. The molecule has 1 aliphatic rings. The third kappa shape index (κ3) is 6.69. The van der Waals surface area contributed by atoms with Crippen molar-refractivity contribution in [3.05, 3.63) is 100.0 Å². The zero-order valence-corrected chi connectivity index (χ0v) is 24.1. The Morgan fingerprint density at radius 3 is 1.85 bits per heavy atom. The molecule has 1 aliphatic heterocycles. The third-order valence-corrected chi connectivity index (χ3v) is 7.09. The Balaban J connectivity index is 1.69. The molecule has 0 radical (unpaired) electrons. The maximum absolute atomic E-state index is 13.7. The molecule has 1 heterocycles. The molecule has 0 saturated carbocycles. The highest BCUT2D eigenvalue weighted by Crippen LogP contribution is 2.37. The summed E-state index contributed by atoms with van der Waals surface area (Å²) in [7, 11) is 0. The van der Waals surface area contributed by atoms with Crippen LogP contribution in [0.3, 0.4) is 0 Å². The number of rotatable bonds is 7. The first-order valence-electron chi connectivity index (χ1n) is 13.1. The number of amides is 1. The minimum Gasteiger partial charge on any atom is -0.462 e. The van der Waals surface area contributed by atoms with Gasteiger partial charge in [-0.1, -0.05) is 45.0 Å². The van der Waals surface area contributed by atoms with Crippen LogP contribution in [0, 0.1) is 0 Å². The molecule has 0 spiro atoms. The molecule has 3 aromatic rings. The fourth-order valence-electron chi connectivity index (χ4n) is 3.97. The molecule has 0 aromatic heterocycles. The number of ether oxygens (including phenoxy) is 2. The maximum atomic E-state index is 13.7. The van der Waals surface area contributed by atoms with Gasteiger partial charge in [0.25, 0.3) is 5.91 Å². The van der Waals surface area contributed by atoms with Crippen molar-refractivity contribution < 1.29 is 23.9 Å². The third-order valence-electron chi connectivity index (χ3n) is 6.12. The summed E-state index contributed by atoms with van der Waals surface area (Å²) in [5, 5.41) is 0.454. The van der Waals surface area contributed by atoms with Crippen LogP contribution in [0.4, 0.5) is 11.4 Å². The van der Waals surface area contributed by atoms with Crippen molar-refractivity contribution in [2.45, 2.75) is 40.0 Å². The SMILES string of the molecule is CCOC(=O)c1ccc(N=C2S/C(=C\c3ccc(C(C)(C)C)cc3)C(=O)N2c2ccc(C(=O)OCC)cc2)cc1. The lowest BCUT2D eigenvalue weighted by Gasteiger charge is -2.18. The molecule has 206 valence electrons. The van der Waals surface area contributed by atoms with Crippen molar-refractivity contribution in [1.29, 1.82) is 0 Å². The molecule has 1 fully saturated rings. The van der Waals surface area contributed by atoms with Gasteiger partial charge in [0.05, 0.1) is 40.6 Å². The Morgan fingerprint density at radius 1 is 0.825 bits per heavy atom. The van der Waals surface area contributed by atoms with E-state index in [1.165, 1.54) is 22.2 Å². The highest BCUT2D eigenvalue weighted by Gasteiger charge is 2.35. The van der Waals surface area contributed by atoms with Crippen LogP contribution in [0.1, 0.15) is 66.5 Å². The molecule has 1 saturated heterocycles. The van der Waals surface area contributed by atoms with E-state index in [9.17, 15) is 14.4 Å². The molecule has 0 bridgehead atoms. The van der Waals surface area contributed by atoms with Gasteiger partial charge in [0.2, 0.25) is 0 Å². The number of benzene rings is 3. The van der Waals surface area contributed by atoms with Gasteiger partial charge in [0, 0.05) is 0 Å². The number of carbonyl (C=O) groups is 3. The van der Waals surface area contributed by atoms with E-state index in [4.69, 9.17) is 14.5 Å². The lowest BCUT2D eigenvalue weighted by atomic mass is 9.87. The first-order valence-corrected chi connectivity index (χ1v) is 13.9. The topological polar surface area (TPSA) is 85.3 Å². The van der Waals surface area contributed by atoms with Gasteiger partial charge in [0.15, 0.2) is 5.17 Å². The van der Waals surface area contributed by atoms with Crippen LogP contribution in [0.25, 0.3) is 6.08 Å². The molecular formula is C32H32N2O5S. The standard InChI is InChI=1S/C32H32N2O5S/c1-6-38-29(36)22-10-16-25(17-11-22)33-31-34(26-18-12-23(13-19-26)30(37)39-7-2)28(35)27(40-31)20-21-8-14-24(15-9-21)32(3,4)5/h8-20H,6-7H2,1-5H3/b27-20-,33-31?. The second-order valence-electron chi connectivity index (χ2n) is 10.1. The number of esters is 2. The summed E-state index contributed by atoms with van der Waals surface area (Å²) < 4.78 is 10.1. The Hall–Kier alpha value is -4.17. The number of hydrogen-bond acceptors (Lipinski definition) is 7. The largest absolute Gasteiger partial charge is 0.462 e. The highest BCUT2D eigenvalue weighted by molar-refractivity contribution is 8.19. The van der Waals surface area contributed by atoms with E-state index in [1.807, 2.05) is 18.2 Å². The summed E-state index contributed by atoms with van der Waals surface area (Å²) in [5.74, 6) is -1.06. The monoisotopic (exact) mass is 556 g/mol. The molecule has 3 aromatic carbocycles. The van der Waals surface area contributed by atoms with Crippen molar-refractivity contribution in [3.63, 3.8) is 0 Å². The van der Waals surface area contributed by atoms with Gasteiger partial charge in [-0.05, 0) is 96.8 Å². The lowest BCUT2D eigenvalue weighted by Crippen LogP contribution is -2.28. The van der Waals surface area contributed by atoms with E-state index >= 15 is 0 Å². The van der Waals surface area contributed by atoms with Gasteiger partial charge in [0.1, 0.15) is 0 Å². The van der Waals surface area contributed by atoms with Crippen molar-refractivity contribution in [2.75, 3.05) is 18.1 Å². The average molecular weight is 557 g/mol. The lowest BCUT2D eigenvalue weighted by molar-refractivity contribution is -0.113. The van der Waals surface area contributed by atoms with Crippen LogP contribution in [-0.2, 0) is 19.7 Å². The average Bonchev–Trinajstić information content (AvgIpc) is 3.23. The zero-order valence-electron chi connectivity index (χ0n) is 23.3. The van der Waals surface area contributed by atoms with Gasteiger partial charge < -0.3 is 9.47 Å². The molecule has 0 unspecified atom stereocenters. The van der Waals surface area contributed by atoms with Gasteiger partial charge >= 0.3 is 11.9 Å². The van der Waals surface area contributed by atoms with E-state index in [1.54, 1.807) is 62.4 Å². The fraction of sp³-hybridized carbons (Fsp3) is 0.250. The predicted molar refractivity (Wildman–Crippen MR) is 160 cm³/mol. The molecule has 40 heavy (non-hydrogen) atoms. The van der Waals surface area contributed by atoms with Gasteiger partial charge in [-0.25, -0.2) is 14.6 Å². The fourth-order valence-corrected chi connectivity index (χ4v) is 4.97. The second-order valence-corrected chi connectivity index (χ2v) is 11.1. The van der Waals surface area contributed by atoms with Gasteiger partial charge in [-0.3, -0.25) is 9.69 Å². The summed E-state index contributed by atoms with van der Waals surface area (Å²) >= 11 is 1.26. The Kier molecular flexibility index (Phi) is 8.90. The Bertz CT molecular complexity index is 1450.